The van der Waals surface area contributed by atoms with Gasteiger partial charge in [-0.05, 0) is 11.6 Å². The summed E-state index contributed by atoms with van der Waals surface area (Å²) in [5.41, 5.74) is 3.05. The van der Waals surface area contributed by atoms with Gasteiger partial charge in [-0.15, -0.1) is 0 Å². The van der Waals surface area contributed by atoms with Gasteiger partial charge in [-0.3, -0.25) is 4.79 Å². The predicted octanol–water partition coefficient (Wildman–Crippen LogP) is 2.59. The highest BCUT2D eigenvalue weighted by Crippen LogP contribution is 2.27. The molecule has 2 N–H and O–H groups in total. The third-order valence-corrected chi connectivity index (χ3v) is 4.15. The van der Waals surface area contributed by atoms with Crippen molar-refractivity contribution >= 4 is 11.6 Å². The van der Waals surface area contributed by atoms with E-state index in [4.69, 9.17) is 0 Å². The zero-order valence-corrected chi connectivity index (χ0v) is 13.3. The summed E-state index contributed by atoms with van der Waals surface area (Å²) in [6.07, 6.45) is 0.531. The fourth-order valence-electron chi connectivity index (χ4n) is 2.87. The second-order valence-corrected chi connectivity index (χ2v) is 5.80. The molecule has 1 aliphatic rings. The summed E-state index contributed by atoms with van der Waals surface area (Å²) in [7, 11) is 0. The Morgan fingerprint density at radius 1 is 1.00 bits per heavy atom. The number of hydrogen-bond acceptors (Lipinski definition) is 3. The maximum atomic E-state index is 12.3. The fourth-order valence-corrected chi connectivity index (χ4v) is 2.87. The zero-order valence-electron chi connectivity index (χ0n) is 13.3. The average Bonchev–Trinajstić information content (AvgIpc) is 2.62. The third kappa shape index (κ3) is 4.41. The molecule has 0 spiro atoms. The van der Waals surface area contributed by atoms with Gasteiger partial charge in [0.2, 0.25) is 5.91 Å². The molecule has 0 aliphatic carbocycles. The SMILES string of the molecule is O=C(CCN1CCNCC1)Nc1ccccc1-c1ccccc1. The van der Waals surface area contributed by atoms with Crippen LogP contribution in [0.5, 0.6) is 0 Å². The second-order valence-electron chi connectivity index (χ2n) is 5.80. The van der Waals surface area contributed by atoms with Gasteiger partial charge in [-0.1, -0.05) is 48.5 Å². The topological polar surface area (TPSA) is 44.4 Å². The molecule has 3 rings (SSSR count). The molecule has 0 aromatic heterocycles. The van der Waals surface area contributed by atoms with Crippen molar-refractivity contribution in [2.45, 2.75) is 6.42 Å². The van der Waals surface area contributed by atoms with Crippen LogP contribution in [-0.4, -0.2) is 43.5 Å². The van der Waals surface area contributed by atoms with Gasteiger partial charge in [-0.25, -0.2) is 0 Å². The van der Waals surface area contributed by atoms with E-state index in [1.807, 2.05) is 42.5 Å². The van der Waals surface area contributed by atoms with Crippen molar-refractivity contribution in [2.24, 2.45) is 0 Å². The molecule has 120 valence electrons. The first-order valence-electron chi connectivity index (χ1n) is 8.20. The van der Waals surface area contributed by atoms with Gasteiger partial charge < -0.3 is 15.5 Å². The van der Waals surface area contributed by atoms with Gasteiger partial charge in [-0.2, -0.15) is 0 Å². The summed E-state index contributed by atoms with van der Waals surface area (Å²) in [4.78, 5) is 14.6. The normalized spacial score (nSPS) is 15.3. The Morgan fingerprint density at radius 3 is 2.48 bits per heavy atom. The van der Waals surface area contributed by atoms with Crippen molar-refractivity contribution in [3.05, 3.63) is 54.6 Å². The van der Waals surface area contributed by atoms with Crippen molar-refractivity contribution in [2.75, 3.05) is 38.0 Å². The Bertz CT molecular complexity index is 636. The largest absolute Gasteiger partial charge is 0.325 e. The Labute approximate surface area is 137 Å². The lowest BCUT2D eigenvalue weighted by molar-refractivity contribution is -0.116. The van der Waals surface area contributed by atoms with Gasteiger partial charge in [0.25, 0.3) is 0 Å². The van der Waals surface area contributed by atoms with Crippen LogP contribution in [0.25, 0.3) is 11.1 Å². The van der Waals surface area contributed by atoms with Crippen LogP contribution in [0.1, 0.15) is 6.42 Å². The maximum absolute atomic E-state index is 12.3. The maximum Gasteiger partial charge on any atom is 0.225 e. The lowest BCUT2D eigenvalue weighted by Gasteiger charge is -2.26. The number of benzene rings is 2. The van der Waals surface area contributed by atoms with Gasteiger partial charge in [0, 0.05) is 50.4 Å². The number of piperazine rings is 1. The number of carbonyl (C=O) groups excluding carboxylic acids is 1. The van der Waals surface area contributed by atoms with Crippen LogP contribution < -0.4 is 10.6 Å². The lowest BCUT2D eigenvalue weighted by atomic mass is 10.0. The minimum Gasteiger partial charge on any atom is -0.325 e. The molecule has 1 fully saturated rings. The summed E-state index contributed by atoms with van der Waals surface area (Å²) < 4.78 is 0. The molecule has 0 atom stereocenters. The smallest absolute Gasteiger partial charge is 0.225 e. The molecule has 23 heavy (non-hydrogen) atoms. The number of rotatable bonds is 5. The molecular formula is C19H23N3O. The van der Waals surface area contributed by atoms with Gasteiger partial charge in [0.1, 0.15) is 0 Å². The summed E-state index contributed by atoms with van der Waals surface area (Å²) in [6, 6.07) is 18.1. The summed E-state index contributed by atoms with van der Waals surface area (Å²) >= 11 is 0. The first kappa shape index (κ1) is 15.7. The van der Waals surface area contributed by atoms with E-state index in [1.165, 1.54) is 0 Å². The van der Waals surface area contributed by atoms with E-state index in [1.54, 1.807) is 0 Å². The lowest BCUT2D eigenvalue weighted by Crippen LogP contribution is -2.44. The minimum absolute atomic E-state index is 0.0758. The van der Waals surface area contributed by atoms with Crippen LogP contribution in [0.4, 0.5) is 5.69 Å². The first-order chi connectivity index (χ1) is 11.3. The fraction of sp³-hybridized carbons (Fsp3) is 0.316. The molecule has 0 bridgehead atoms. The third-order valence-electron chi connectivity index (χ3n) is 4.15. The molecule has 2 aromatic rings. The van der Waals surface area contributed by atoms with Crippen LogP contribution in [0, 0.1) is 0 Å². The number of para-hydroxylation sites is 1. The number of nitrogens with zero attached hydrogens (tertiary/aromatic N) is 1. The quantitative estimate of drug-likeness (QED) is 0.892. The standard InChI is InChI=1S/C19H23N3O/c23-19(10-13-22-14-11-20-12-15-22)21-18-9-5-4-8-17(18)16-6-2-1-3-7-16/h1-9,20H,10-15H2,(H,21,23). The van der Waals surface area contributed by atoms with Crippen molar-refractivity contribution in [3.63, 3.8) is 0 Å². The van der Waals surface area contributed by atoms with Crippen molar-refractivity contribution < 1.29 is 4.79 Å². The summed E-state index contributed by atoms with van der Waals surface area (Å²) in [5, 5.41) is 6.39. The number of anilines is 1. The molecule has 4 heteroatoms. The first-order valence-corrected chi connectivity index (χ1v) is 8.20. The van der Waals surface area contributed by atoms with Gasteiger partial charge >= 0.3 is 0 Å². The molecule has 1 aliphatic heterocycles. The molecule has 4 nitrogen and oxygen atoms in total. The van der Waals surface area contributed by atoms with Gasteiger partial charge in [0.15, 0.2) is 0 Å². The molecule has 2 aromatic carbocycles. The zero-order chi connectivity index (χ0) is 15.9. The number of hydrogen-bond donors (Lipinski definition) is 2. The summed E-state index contributed by atoms with van der Waals surface area (Å²) in [5.74, 6) is 0.0758. The highest BCUT2D eigenvalue weighted by atomic mass is 16.1. The molecular weight excluding hydrogens is 286 g/mol. The highest BCUT2D eigenvalue weighted by Gasteiger charge is 2.12. The van der Waals surface area contributed by atoms with E-state index in [-0.39, 0.29) is 5.91 Å². The Balaban J connectivity index is 1.62. The molecule has 0 unspecified atom stereocenters. The van der Waals surface area contributed by atoms with Crippen LogP contribution in [0.3, 0.4) is 0 Å². The van der Waals surface area contributed by atoms with Crippen molar-refractivity contribution in [3.8, 4) is 11.1 Å². The van der Waals surface area contributed by atoms with E-state index in [9.17, 15) is 4.79 Å². The molecule has 1 heterocycles. The van der Waals surface area contributed by atoms with E-state index in [0.717, 1.165) is 49.5 Å². The molecule has 0 radical (unpaired) electrons. The summed E-state index contributed by atoms with van der Waals surface area (Å²) in [6.45, 7) is 4.89. The minimum atomic E-state index is 0.0758. The Morgan fingerprint density at radius 2 is 1.70 bits per heavy atom. The van der Waals surface area contributed by atoms with Crippen molar-refractivity contribution in [1.82, 2.24) is 10.2 Å². The Kier molecular flexibility index (Phi) is 5.40. The van der Waals surface area contributed by atoms with Crippen LogP contribution >= 0.6 is 0 Å². The molecule has 0 saturated carbocycles. The number of nitrogens with one attached hydrogen (secondary N) is 2. The van der Waals surface area contributed by atoms with E-state index >= 15 is 0 Å². The number of amides is 1. The van der Waals surface area contributed by atoms with E-state index < -0.39 is 0 Å². The highest BCUT2D eigenvalue weighted by molar-refractivity contribution is 5.95. The predicted molar refractivity (Wildman–Crippen MR) is 94.4 cm³/mol. The van der Waals surface area contributed by atoms with Gasteiger partial charge in [0.05, 0.1) is 0 Å². The Hall–Kier alpha value is -2.17. The molecule has 1 saturated heterocycles. The van der Waals surface area contributed by atoms with Crippen LogP contribution in [0.2, 0.25) is 0 Å². The number of carbonyl (C=O) groups is 1. The second kappa shape index (κ2) is 7.90. The van der Waals surface area contributed by atoms with E-state index in [0.29, 0.717) is 6.42 Å². The van der Waals surface area contributed by atoms with Crippen LogP contribution in [0.15, 0.2) is 54.6 Å². The average molecular weight is 309 g/mol. The monoisotopic (exact) mass is 309 g/mol. The van der Waals surface area contributed by atoms with Crippen LogP contribution in [-0.2, 0) is 4.79 Å². The van der Waals surface area contributed by atoms with E-state index in [2.05, 4.69) is 27.7 Å². The molecule has 1 amide bonds. The van der Waals surface area contributed by atoms with Crippen molar-refractivity contribution in [1.29, 1.82) is 0 Å².